The summed E-state index contributed by atoms with van der Waals surface area (Å²) in [5.41, 5.74) is 9.25. The van der Waals surface area contributed by atoms with E-state index in [0.717, 1.165) is 18.5 Å². The van der Waals surface area contributed by atoms with E-state index < -0.39 is 0 Å². The second kappa shape index (κ2) is 5.78. The van der Waals surface area contributed by atoms with E-state index in [1.807, 2.05) is 17.9 Å². The second-order valence-electron chi connectivity index (χ2n) is 6.68. The number of carbonyl (C=O) groups excluding carboxylic acids is 1. The number of nitrogens with one attached hydrogen (secondary N) is 1. The predicted molar refractivity (Wildman–Crippen MR) is 92.6 cm³/mol. The van der Waals surface area contributed by atoms with Crippen LogP contribution >= 0.6 is 0 Å². The van der Waals surface area contributed by atoms with Gasteiger partial charge in [-0.15, -0.1) is 0 Å². The Morgan fingerprint density at radius 1 is 1.17 bits per heavy atom. The van der Waals surface area contributed by atoms with E-state index in [1.54, 1.807) is 0 Å². The van der Waals surface area contributed by atoms with E-state index in [4.69, 9.17) is 5.73 Å². The van der Waals surface area contributed by atoms with Gasteiger partial charge in [-0.1, -0.05) is 24.3 Å². The number of amides is 1. The summed E-state index contributed by atoms with van der Waals surface area (Å²) in [5.74, 6) is 1.16. The molecule has 1 aromatic carbocycles. The first-order chi connectivity index (χ1) is 11.6. The number of fused-ring (bicyclic) bond motifs is 1. The molecule has 3 N–H and O–H groups in total. The van der Waals surface area contributed by atoms with E-state index in [9.17, 15) is 4.79 Å². The van der Waals surface area contributed by atoms with Crippen LogP contribution in [-0.2, 0) is 17.6 Å². The Balaban J connectivity index is 1.44. The molecule has 0 saturated carbocycles. The van der Waals surface area contributed by atoms with Gasteiger partial charge in [0, 0.05) is 30.8 Å². The predicted octanol–water partition coefficient (Wildman–Crippen LogP) is 1.55. The highest BCUT2D eigenvalue weighted by molar-refractivity contribution is 5.80. The molecule has 2 heterocycles. The maximum absolute atomic E-state index is 12.5. The first-order valence-electron chi connectivity index (χ1n) is 8.32. The van der Waals surface area contributed by atoms with Crippen molar-refractivity contribution in [1.29, 1.82) is 0 Å². The Labute approximate surface area is 141 Å². The molecule has 4 rings (SSSR count). The smallest absolute Gasteiger partial charge is 0.225 e. The van der Waals surface area contributed by atoms with Crippen molar-refractivity contribution in [2.45, 2.75) is 38.3 Å². The number of hydrogen-bond acceptors (Lipinski definition) is 5. The van der Waals surface area contributed by atoms with Crippen LogP contribution in [0, 0.1) is 6.92 Å². The lowest BCUT2D eigenvalue weighted by Crippen LogP contribution is -2.38. The van der Waals surface area contributed by atoms with Gasteiger partial charge in [0.2, 0.25) is 11.9 Å². The van der Waals surface area contributed by atoms with Crippen molar-refractivity contribution in [3.8, 4) is 0 Å². The zero-order valence-corrected chi connectivity index (χ0v) is 13.7. The first-order valence-corrected chi connectivity index (χ1v) is 8.32. The summed E-state index contributed by atoms with van der Waals surface area (Å²) >= 11 is 0. The Morgan fingerprint density at radius 3 is 2.54 bits per heavy atom. The van der Waals surface area contributed by atoms with Crippen molar-refractivity contribution < 1.29 is 4.79 Å². The molecule has 0 unspecified atom stereocenters. The highest BCUT2D eigenvalue weighted by Gasteiger charge is 2.37. The molecule has 2 aliphatic rings. The Bertz CT molecular complexity index is 745. The molecule has 2 aromatic rings. The molecule has 124 valence electrons. The van der Waals surface area contributed by atoms with E-state index in [1.165, 1.54) is 11.1 Å². The van der Waals surface area contributed by atoms with Gasteiger partial charge in [-0.3, -0.25) is 4.79 Å². The molecule has 1 fully saturated rings. The SMILES string of the molecule is Cc1cc(N[C@H]2CC(=O)N(C3Cc4ccccc4C3)C2)nc(N)n1. The molecule has 24 heavy (non-hydrogen) atoms. The number of likely N-dealkylation sites (tertiary alicyclic amines) is 1. The van der Waals surface area contributed by atoms with E-state index in [2.05, 4.69) is 39.6 Å². The van der Waals surface area contributed by atoms with Crippen molar-refractivity contribution >= 4 is 17.7 Å². The first kappa shape index (κ1) is 14.9. The normalized spacial score (nSPS) is 20.5. The van der Waals surface area contributed by atoms with Crippen LogP contribution in [-0.4, -0.2) is 39.4 Å². The third kappa shape index (κ3) is 2.79. The van der Waals surface area contributed by atoms with Crippen molar-refractivity contribution in [3.63, 3.8) is 0 Å². The van der Waals surface area contributed by atoms with Gasteiger partial charge in [-0.05, 0) is 30.9 Å². The molecule has 0 spiro atoms. The minimum Gasteiger partial charge on any atom is -0.368 e. The summed E-state index contributed by atoms with van der Waals surface area (Å²) in [6.07, 6.45) is 2.40. The molecule has 1 atom stereocenters. The summed E-state index contributed by atoms with van der Waals surface area (Å²) in [6.45, 7) is 2.59. The lowest BCUT2D eigenvalue weighted by atomic mass is 10.1. The largest absolute Gasteiger partial charge is 0.368 e. The number of aromatic nitrogens is 2. The van der Waals surface area contributed by atoms with Gasteiger partial charge in [0.05, 0.1) is 6.04 Å². The van der Waals surface area contributed by atoms with Gasteiger partial charge in [0.1, 0.15) is 5.82 Å². The number of nitrogens with two attached hydrogens (primary N) is 1. The topological polar surface area (TPSA) is 84.1 Å². The highest BCUT2D eigenvalue weighted by atomic mass is 16.2. The molecule has 1 aliphatic heterocycles. The number of rotatable bonds is 3. The fourth-order valence-corrected chi connectivity index (χ4v) is 3.81. The molecule has 0 radical (unpaired) electrons. The van der Waals surface area contributed by atoms with Gasteiger partial charge in [0.15, 0.2) is 0 Å². The number of nitrogens with zero attached hydrogens (tertiary/aromatic N) is 3. The van der Waals surface area contributed by atoms with Crippen LogP contribution in [0.3, 0.4) is 0 Å². The van der Waals surface area contributed by atoms with Crippen LogP contribution in [0.2, 0.25) is 0 Å². The summed E-state index contributed by atoms with van der Waals surface area (Å²) in [6, 6.07) is 10.7. The lowest BCUT2D eigenvalue weighted by molar-refractivity contribution is -0.129. The van der Waals surface area contributed by atoms with E-state index in [-0.39, 0.29) is 23.9 Å². The van der Waals surface area contributed by atoms with Crippen LogP contribution < -0.4 is 11.1 Å². The third-order valence-electron chi connectivity index (χ3n) is 4.85. The fourth-order valence-electron chi connectivity index (χ4n) is 3.81. The van der Waals surface area contributed by atoms with E-state index >= 15 is 0 Å². The maximum atomic E-state index is 12.5. The van der Waals surface area contributed by atoms with Crippen LogP contribution in [0.4, 0.5) is 11.8 Å². The quantitative estimate of drug-likeness (QED) is 0.895. The minimum atomic E-state index is 0.0647. The molecular formula is C18H21N5O. The van der Waals surface area contributed by atoms with Crippen molar-refractivity contribution in [1.82, 2.24) is 14.9 Å². The molecule has 1 aromatic heterocycles. The van der Waals surface area contributed by atoms with Crippen LogP contribution in [0.15, 0.2) is 30.3 Å². The number of anilines is 2. The average molecular weight is 323 g/mol. The molecule has 1 aliphatic carbocycles. The summed E-state index contributed by atoms with van der Waals surface area (Å²) in [7, 11) is 0. The van der Waals surface area contributed by atoms with Crippen molar-refractivity contribution in [2.24, 2.45) is 0 Å². The number of benzene rings is 1. The average Bonchev–Trinajstić information content (AvgIpc) is 3.09. The van der Waals surface area contributed by atoms with Crippen molar-refractivity contribution in [2.75, 3.05) is 17.6 Å². The zero-order valence-electron chi connectivity index (χ0n) is 13.7. The lowest BCUT2D eigenvalue weighted by Gasteiger charge is -2.24. The molecule has 1 saturated heterocycles. The monoisotopic (exact) mass is 323 g/mol. The molecular weight excluding hydrogens is 302 g/mol. The Morgan fingerprint density at radius 2 is 1.88 bits per heavy atom. The van der Waals surface area contributed by atoms with Gasteiger partial charge in [0.25, 0.3) is 0 Å². The highest BCUT2D eigenvalue weighted by Crippen LogP contribution is 2.29. The van der Waals surface area contributed by atoms with Gasteiger partial charge < -0.3 is 16.0 Å². The summed E-state index contributed by atoms with van der Waals surface area (Å²) < 4.78 is 0. The van der Waals surface area contributed by atoms with Crippen LogP contribution in [0.5, 0.6) is 0 Å². The summed E-state index contributed by atoms with van der Waals surface area (Å²) in [5, 5.41) is 3.33. The Kier molecular flexibility index (Phi) is 3.59. The van der Waals surface area contributed by atoms with Gasteiger partial charge >= 0.3 is 0 Å². The number of nitrogen functional groups attached to an aromatic ring is 1. The zero-order chi connectivity index (χ0) is 16.7. The number of hydrogen-bond donors (Lipinski definition) is 2. The fraction of sp³-hybridized carbons (Fsp3) is 0.389. The van der Waals surface area contributed by atoms with Crippen LogP contribution in [0.25, 0.3) is 0 Å². The molecule has 6 nitrogen and oxygen atoms in total. The van der Waals surface area contributed by atoms with Gasteiger partial charge in [-0.2, -0.15) is 4.98 Å². The molecule has 1 amide bonds. The van der Waals surface area contributed by atoms with Crippen molar-refractivity contribution in [3.05, 3.63) is 47.2 Å². The molecule has 0 bridgehead atoms. The summed E-state index contributed by atoms with van der Waals surface area (Å²) in [4.78, 5) is 22.8. The standard InChI is InChI=1S/C18H21N5O/c1-11-6-16(22-18(19)20-11)21-14-9-17(24)23(10-14)15-7-12-4-2-3-5-13(12)8-15/h2-6,14-15H,7-10H2,1H3,(H3,19,20,21,22)/t14-/m0/s1. The number of carbonyl (C=O) groups is 1. The maximum Gasteiger partial charge on any atom is 0.225 e. The Hall–Kier alpha value is -2.63. The molecule has 6 heteroatoms. The van der Waals surface area contributed by atoms with E-state index in [0.29, 0.717) is 18.8 Å². The third-order valence-corrected chi connectivity index (χ3v) is 4.85. The second-order valence-corrected chi connectivity index (χ2v) is 6.68. The van der Waals surface area contributed by atoms with Gasteiger partial charge in [-0.25, -0.2) is 4.98 Å². The van der Waals surface area contributed by atoms with Crippen LogP contribution in [0.1, 0.15) is 23.2 Å². The number of aryl methyl sites for hydroxylation is 1. The minimum absolute atomic E-state index is 0.0647.